The van der Waals surface area contributed by atoms with E-state index in [1.807, 2.05) is 6.07 Å². The number of aryl methyl sites for hydroxylation is 1. The molecule has 2 aliphatic rings. The number of fused-ring (bicyclic) bond motifs is 1. The Morgan fingerprint density at radius 2 is 1.77 bits per heavy atom. The lowest BCUT2D eigenvalue weighted by molar-refractivity contribution is -0.596. The van der Waals surface area contributed by atoms with Crippen LogP contribution in [0.25, 0.3) is 11.8 Å². The van der Waals surface area contributed by atoms with Gasteiger partial charge in [0, 0.05) is 18.5 Å². The number of ether oxygens (including phenoxy) is 1. The lowest BCUT2D eigenvalue weighted by Crippen LogP contribution is -2.49. The average Bonchev–Trinajstić information content (AvgIpc) is 3.39. The van der Waals surface area contributed by atoms with Crippen LogP contribution < -0.4 is 14.4 Å². The van der Waals surface area contributed by atoms with Gasteiger partial charge in [0.05, 0.1) is 13.2 Å². The SMILES string of the molecule is COc1cc(/C=C2\CC[C@@H]3CCC[C@@H](c4cc(F)c(F)c(F)c4)N3C2=O)ccc1-[n+]1cc(C)n(COP(=O)(O)O)c1.O=C([O-])C(F)(F)F. The molecule has 5 rings (SSSR count). The van der Waals surface area contributed by atoms with Crippen LogP contribution in [0.15, 0.2) is 48.4 Å². The van der Waals surface area contributed by atoms with Crippen molar-refractivity contribution in [2.75, 3.05) is 7.11 Å². The number of nitrogens with zero attached hydrogens (tertiary/aromatic N) is 3. The molecule has 1 amide bonds. The third-order valence-electron chi connectivity index (χ3n) is 7.85. The molecule has 2 saturated heterocycles. The van der Waals surface area contributed by atoms with Crippen LogP contribution in [0, 0.1) is 24.4 Å². The molecule has 0 radical (unpaired) electrons. The minimum absolute atomic E-state index is 0.0651. The number of carbonyl (C=O) groups is 2. The van der Waals surface area contributed by atoms with E-state index in [-0.39, 0.29) is 24.2 Å². The van der Waals surface area contributed by atoms with Gasteiger partial charge in [-0.15, -0.1) is 0 Å². The van der Waals surface area contributed by atoms with Crippen molar-refractivity contribution in [1.82, 2.24) is 9.47 Å². The van der Waals surface area contributed by atoms with Gasteiger partial charge in [0.25, 0.3) is 12.2 Å². The molecule has 2 aliphatic heterocycles. The molecular weight excluding hydrogens is 675 g/mol. The molecule has 0 saturated carbocycles. The zero-order valence-corrected chi connectivity index (χ0v) is 26.3. The molecular formula is C30H30F6N3O8P. The van der Waals surface area contributed by atoms with Crippen LogP contribution in [0.5, 0.6) is 5.75 Å². The van der Waals surface area contributed by atoms with E-state index in [2.05, 4.69) is 4.52 Å². The van der Waals surface area contributed by atoms with Crippen LogP contribution >= 0.6 is 7.82 Å². The van der Waals surface area contributed by atoms with E-state index in [1.54, 1.807) is 47.1 Å². The molecule has 3 heterocycles. The normalized spacial score (nSPS) is 19.1. The minimum atomic E-state index is -5.19. The molecule has 0 unspecified atom stereocenters. The maximum Gasteiger partial charge on any atom is 0.472 e. The summed E-state index contributed by atoms with van der Waals surface area (Å²) in [5, 5.41) is 8.78. The Morgan fingerprint density at radius 1 is 1.12 bits per heavy atom. The Labute approximate surface area is 269 Å². The third-order valence-corrected chi connectivity index (χ3v) is 8.30. The predicted octanol–water partition coefficient (Wildman–Crippen LogP) is 4.16. The highest BCUT2D eigenvalue weighted by Crippen LogP contribution is 2.41. The zero-order chi connectivity index (χ0) is 35.6. The summed E-state index contributed by atoms with van der Waals surface area (Å²) < 4.78 is 97.7. The number of carbonyl (C=O) groups excluding carboxylic acids is 2. The number of amides is 1. The van der Waals surface area contributed by atoms with Gasteiger partial charge in [-0.3, -0.25) is 4.79 Å². The van der Waals surface area contributed by atoms with Crippen molar-refractivity contribution >= 4 is 25.8 Å². The molecule has 1 aromatic heterocycles. The molecule has 0 spiro atoms. The molecule has 260 valence electrons. The molecule has 48 heavy (non-hydrogen) atoms. The van der Waals surface area contributed by atoms with Gasteiger partial charge in [-0.1, -0.05) is 6.07 Å². The van der Waals surface area contributed by atoms with Crippen molar-refractivity contribution in [3.8, 4) is 11.4 Å². The molecule has 2 fully saturated rings. The first-order valence-electron chi connectivity index (χ1n) is 14.3. The van der Waals surface area contributed by atoms with Gasteiger partial charge in [0.2, 0.25) is 6.73 Å². The summed E-state index contributed by atoms with van der Waals surface area (Å²) in [6.07, 6.45) is 3.30. The van der Waals surface area contributed by atoms with Crippen LogP contribution in [-0.2, 0) is 25.4 Å². The van der Waals surface area contributed by atoms with Crippen molar-refractivity contribution in [1.29, 1.82) is 0 Å². The second-order valence-electron chi connectivity index (χ2n) is 11.0. The third kappa shape index (κ3) is 8.64. The number of halogens is 6. The molecule has 18 heteroatoms. The Hall–Kier alpha value is -4.18. The van der Waals surface area contributed by atoms with Crippen molar-refractivity contribution in [3.63, 3.8) is 0 Å². The molecule has 2 aromatic carbocycles. The molecule has 3 aromatic rings. The Morgan fingerprint density at radius 3 is 2.35 bits per heavy atom. The fourth-order valence-electron chi connectivity index (χ4n) is 5.65. The van der Waals surface area contributed by atoms with Gasteiger partial charge in [-0.05, 0) is 73.6 Å². The van der Waals surface area contributed by atoms with Crippen LogP contribution in [0.2, 0.25) is 0 Å². The predicted molar refractivity (Wildman–Crippen MR) is 152 cm³/mol. The number of aliphatic carboxylic acids is 1. The number of aromatic nitrogens is 2. The number of hydrogen-bond donors (Lipinski definition) is 2. The highest BCUT2D eigenvalue weighted by molar-refractivity contribution is 7.46. The van der Waals surface area contributed by atoms with E-state index >= 15 is 0 Å². The van der Waals surface area contributed by atoms with Crippen molar-refractivity contribution < 1.29 is 69.2 Å². The van der Waals surface area contributed by atoms with Crippen LogP contribution in [-0.4, -0.2) is 50.5 Å². The van der Waals surface area contributed by atoms with Gasteiger partial charge in [0.1, 0.15) is 17.9 Å². The Kier molecular flexibility index (Phi) is 11.1. The van der Waals surface area contributed by atoms with Crippen molar-refractivity contribution in [2.24, 2.45) is 0 Å². The van der Waals surface area contributed by atoms with E-state index in [0.29, 0.717) is 47.5 Å². The van der Waals surface area contributed by atoms with Crippen LogP contribution in [0.1, 0.15) is 55.0 Å². The zero-order valence-electron chi connectivity index (χ0n) is 25.4. The number of alkyl halides is 3. The molecule has 0 aliphatic carbocycles. The second-order valence-corrected chi connectivity index (χ2v) is 12.3. The summed E-state index contributed by atoms with van der Waals surface area (Å²) in [7, 11) is -3.13. The smallest absolute Gasteiger partial charge is 0.472 e. The number of phosphoric ester groups is 1. The van der Waals surface area contributed by atoms with Crippen LogP contribution in [0.3, 0.4) is 0 Å². The number of benzene rings is 2. The second kappa shape index (κ2) is 14.5. The first-order valence-corrected chi connectivity index (χ1v) is 15.8. The van der Waals surface area contributed by atoms with Gasteiger partial charge in [0.15, 0.2) is 28.9 Å². The first kappa shape index (κ1) is 36.7. The van der Waals surface area contributed by atoms with E-state index in [4.69, 9.17) is 24.4 Å². The quantitative estimate of drug-likeness (QED) is 0.123. The fraction of sp³-hybridized carbons (Fsp3) is 0.367. The molecule has 0 bridgehead atoms. The van der Waals surface area contributed by atoms with E-state index in [9.17, 15) is 35.7 Å². The number of rotatable bonds is 7. The standard InChI is InChI=1S/C28H29F3N3O6P.C2HF3O2/c1-17-14-32(15-33(17)16-40-41(36,37)38)25-9-6-18(11-26(25)39-2)10-19-7-8-21-4-3-5-24(34(21)28(19)35)20-12-22(29)27(31)23(30)13-20;3-2(4,5)1(6)7/h6,9-15,21,24H,3-5,7-8,16H2,1-2H3,(H-,36,37,38);(H,6,7)/b19-10+;/t21-,24-;/m0./s1. The van der Waals surface area contributed by atoms with Gasteiger partial charge in [-0.25, -0.2) is 26.8 Å². The maximum atomic E-state index is 14.0. The van der Waals surface area contributed by atoms with E-state index in [0.717, 1.165) is 25.0 Å². The van der Waals surface area contributed by atoms with E-state index in [1.165, 1.54) is 11.7 Å². The number of carboxylic acid groups (broad SMARTS) is 1. The summed E-state index contributed by atoms with van der Waals surface area (Å²) >= 11 is 0. The number of carboxylic acids is 1. The molecule has 2 N–H and O–H groups in total. The summed E-state index contributed by atoms with van der Waals surface area (Å²) in [5.41, 5.74) is 2.85. The van der Waals surface area contributed by atoms with Gasteiger partial charge in [-0.2, -0.15) is 17.7 Å². The van der Waals surface area contributed by atoms with Crippen molar-refractivity contribution in [2.45, 2.75) is 64.0 Å². The molecule has 11 nitrogen and oxygen atoms in total. The summed E-state index contributed by atoms with van der Waals surface area (Å²) in [6.45, 7) is 1.42. The maximum absolute atomic E-state index is 14.0. The topological polar surface area (TPSA) is 145 Å². The van der Waals surface area contributed by atoms with E-state index < -0.39 is 43.5 Å². The average molecular weight is 706 g/mol. The van der Waals surface area contributed by atoms with Crippen molar-refractivity contribution in [3.05, 3.63) is 82.7 Å². The largest absolute Gasteiger partial charge is 0.542 e. The minimum Gasteiger partial charge on any atom is -0.542 e. The summed E-state index contributed by atoms with van der Waals surface area (Å²) in [5.74, 6) is -6.80. The fourth-order valence-corrected chi connectivity index (χ4v) is 5.92. The lowest BCUT2D eigenvalue weighted by Gasteiger charge is -2.46. The lowest BCUT2D eigenvalue weighted by atomic mass is 9.83. The monoisotopic (exact) mass is 705 g/mol. The number of phosphoric acid groups is 1. The van der Waals surface area contributed by atoms with Gasteiger partial charge < -0.3 is 29.3 Å². The van der Waals surface area contributed by atoms with Gasteiger partial charge >= 0.3 is 14.0 Å². The highest BCUT2D eigenvalue weighted by atomic mass is 31.2. The number of methoxy groups -OCH3 is 1. The summed E-state index contributed by atoms with van der Waals surface area (Å²) in [6, 6.07) is 6.72. The number of hydrogen-bond acceptors (Lipinski definition) is 6. The number of piperidine rings is 2. The number of imidazole rings is 1. The summed E-state index contributed by atoms with van der Waals surface area (Å²) in [4.78, 5) is 42.2. The highest BCUT2D eigenvalue weighted by Gasteiger charge is 2.40. The first-order chi connectivity index (χ1) is 22.4. The Bertz CT molecular complexity index is 1750. The molecule has 2 atom stereocenters. The van der Waals surface area contributed by atoms with Crippen LogP contribution in [0.4, 0.5) is 26.3 Å². The Balaban J connectivity index is 0.000000671.